The third-order valence-electron chi connectivity index (χ3n) is 3.99. The molecule has 1 atom stereocenters. The largest absolute Gasteiger partial charge is 0.287 e. The monoisotopic (exact) mass is 360 g/mol. The quantitative estimate of drug-likeness (QED) is 0.379. The number of allylic oxidation sites excluding steroid dienone is 1. The van der Waals surface area contributed by atoms with Crippen LogP contribution in [0.1, 0.15) is 71.1 Å². The van der Waals surface area contributed by atoms with Gasteiger partial charge in [0, 0.05) is 10.2 Å². The second-order valence-electron chi connectivity index (χ2n) is 5.93. The van der Waals surface area contributed by atoms with E-state index in [1.165, 1.54) is 85.3 Å². The molecule has 22 heavy (non-hydrogen) atoms. The molecule has 128 valence electrons. The average Bonchev–Trinajstić information content (AvgIpc) is 2.56. The van der Waals surface area contributed by atoms with Crippen LogP contribution in [-0.2, 0) is 4.79 Å². The van der Waals surface area contributed by atoms with Gasteiger partial charge in [0.25, 0.3) is 0 Å². The standard InChI is InChI=1S/C18H32OS3/c1-3-4-5-6-7-8-9-10-12-16(18(19)20-2)15-17-21-13-11-14-22-17/h15-16H,3-14H2,1-2H3. The first kappa shape index (κ1) is 20.5. The molecule has 1 aliphatic rings. The summed E-state index contributed by atoms with van der Waals surface area (Å²) in [6.07, 6.45) is 17.2. The maximum Gasteiger partial charge on any atom is 0.195 e. The van der Waals surface area contributed by atoms with Gasteiger partial charge in [-0.15, -0.1) is 23.5 Å². The molecular weight excluding hydrogens is 328 g/mol. The Bertz CT molecular complexity index is 320. The molecule has 0 radical (unpaired) electrons. The maximum atomic E-state index is 12.1. The lowest BCUT2D eigenvalue weighted by Crippen LogP contribution is -2.09. The molecule has 1 nitrogen and oxygen atoms in total. The molecule has 0 aromatic heterocycles. The van der Waals surface area contributed by atoms with Gasteiger partial charge in [-0.25, -0.2) is 0 Å². The van der Waals surface area contributed by atoms with Crippen molar-refractivity contribution in [2.24, 2.45) is 5.92 Å². The molecule has 1 heterocycles. The van der Waals surface area contributed by atoms with Crippen molar-refractivity contribution in [2.75, 3.05) is 17.8 Å². The van der Waals surface area contributed by atoms with Gasteiger partial charge < -0.3 is 0 Å². The zero-order valence-corrected chi connectivity index (χ0v) is 16.7. The summed E-state index contributed by atoms with van der Waals surface area (Å²) in [7, 11) is 0. The topological polar surface area (TPSA) is 17.1 Å². The van der Waals surface area contributed by atoms with Crippen LogP contribution in [0.5, 0.6) is 0 Å². The molecule has 1 saturated heterocycles. The fraction of sp³-hybridized carbons (Fsp3) is 0.833. The predicted octanol–water partition coefficient (Wildman–Crippen LogP) is 6.73. The number of thioether (sulfide) groups is 3. The van der Waals surface area contributed by atoms with Crippen molar-refractivity contribution in [1.82, 2.24) is 0 Å². The minimum Gasteiger partial charge on any atom is -0.287 e. The minimum absolute atomic E-state index is 0.142. The van der Waals surface area contributed by atoms with E-state index in [1.54, 1.807) is 0 Å². The zero-order valence-electron chi connectivity index (χ0n) is 14.3. The number of carbonyl (C=O) groups excluding carboxylic acids is 1. The van der Waals surface area contributed by atoms with Gasteiger partial charge in [-0.2, -0.15) is 0 Å². The lowest BCUT2D eigenvalue weighted by atomic mass is 10.0. The van der Waals surface area contributed by atoms with Gasteiger partial charge in [0.2, 0.25) is 0 Å². The van der Waals surface area contributed by atoms with Crippen molar-refractivity contribution in [3.05, 3.63) is 10.3 Å². The first-order chi connectivity index (χ1) is 10.8. The lowest BCUT2D eigenvalue weighted by Gasteiger charge is -2.16. The van der Waals surface area contributed by atoms with Gasteiger partial charge >= 0.3 is 0 Å². The van der Waals surface area contributed by atoms with E-state index in [2.05, 4.69) is 13.0 Å². The van der Waals surface area contributed by atoms with Crippen molar-refractivity contribution in [2.45, 2.75) is 71.1 Å². The van der Waals surface area contributed by atoms with Crippen LogP contribution in [0, 0.1) is 5.92 Å². The van der Waals surface area contributed by atoms with Crippen LogP contribution < -0.4 is 0 Å². The number of unbranched alkanes of at least 4 members (excludes halogenated alkanes) is 7. The second kappa shape index (κ2) is 13.9. The maximum absolute atomic E-state index is 12.1. The van der Waals surface area contributed by atoms with Crippen LogP contribution in [0.15, 0.2) is 10.3 Å². The van der Waals surface area contributed by atoms with Crippen LogP contribution >= 0.6 is 35.3 Å². The van der Waals surface area contributed by atoms with E-state index in [0.717, 1.165) is 6.42 Å². The molecule has 0 spiro atoms. The molecule has 4 heteroatoms. The van der Waals surface area contributed by atoms with Crippen LogP contribution in [0.25, 0.3) is 0 Å². The minimum atomic E-state index is 0.142. The summed E-state index contributed by atoms with van der Waals surface area (Å²) in [5, 5.41) is 0.349. The summed E-state index contributed by atoms with van der Waals surface area (Å²) in [4.78, 5) is 12.1. The summed E-state index contributed by atoms with van der Waals surface area (Å²) >= 11 is 5.27. The van der Waals surface area contributed by atoms with E-state index in [0.29, 0.717) is 5.12 Å². The highest BCUT2D eigenvalue weighted by atomic mass is 32.2. The molecule has 1 rings (SSSR count). The Morgan fingerprint density at radius 1 is 1.09 bits per heavy atom. The van der Waals surface area contributed by atoms with E-state index in [4.69, 9.17) is 0 Å². The summed E-state index contributed by atoms with van der Waals surface area (Å²) in [5.74, 6) is 2.58. The lowest BCUT2D eigenvalue weighted by molar-refractivity contribution is -0.113. The van der Waals surface area contributed by atoms with E-state index in [9.17, 15) is 4.79 Å². The molecule has 0 amide bonds. The van der Waals surface area contributed by atoms with Gasteiger partial charge in [-0.1, -0.05) is 76.1 Å². The Balaban J connectivity index is 2.23. The van der Waals surface area contributed by atoms with Crippen LogP contribution in [0.3, 0.4) is 0 Å². The Morgan fingerprint density at radius 2 is 1.68 bits per heavy atom. The molecule has 1 aliphatic heterocycles. The van der Waals surface area contributed by atoms with Gasteiger partial charge in [-0.05, 0) is 30.6 Å². The number of rotatable bonds is 11. The molecule has 0 aliphatic carbocycles. The van der Waals surface area contributed by atoms with Gasteiger partial charge in [0.1, 0.15) is 0 Å². The first-order valence-corrected chi connectivity index (χ1v) is 12.0. The van der Waals surface area contributed by atoms with Crippen molar-refractivity contribution in [1.29, 1.82) is 0 Å². The summed E-state index contributed by atoms with van der Waals surface area (Å²) in [5.41, 5.74) is 0. The molecule has 0 bridgehead atoms. The number of hydrogen-bond donors (Lipinski definition) is 0. The van der Waals surface area contributed by atoms with Crippen molar-refractivity contribution >= 4 is 40.4 Å². The average molecular weight is 361 g/mol. The zero-order chi connectivity index (χ0) is 16.0. The fourth-order valence-electron chi connectivity index (χ4n) is 2.63. The normalized spacial score (nSPS) is 16.5. The van der Waals surface area contributed by atoms with Crippen LogP contribution in [-0.4, -0.2) is 22.9 Å². The van der Waals surface area contributed by atoms with Crippen LogP contribution in [0.4, 0.5) is 0 Å². The highest BCUT2D eigenvalue weighted by Gasteiger charge is 2.17. The molecule has 0 aromatic rings. The Hall–Kier alpha value is 0.460. The van der Waals surface area contributed by atoms with Crippen molar-refractivity contribution in [3.8, 4) is 0 Å². The predicted molar refractivity (Wildman–Crippen MR) is 107 cm³/mol. The van der Waals surface area contributed by atoms with Crippen molar-refractivity contribution in [3.63, 3.8) is 0 Å². The third kappa shape index (κ3) is 9.57. The Labute approximate surface area is 150 Å². The van der Waals surface area contributed by atoms with E-state index in [-0.39, 0.29) is 5.92 Å². The highest BCUT2D eigenvalue weighted by Crippen LogP contribution is 2.36. The van der Waals surface area contributed by atoms with E-state index < -0.39 is 0 Å². The summed E-state index contributed by atoms with van der Waals surface area (Å²) < 4.78 is 1.39. The Kier molecular flexibility index (Phi) is 12.9. The fourth-order valence-corrected chi connectivity index (χ4v) is 5.63. The second-order valence-corrected chi connectivity index (χ2v) is 9.27. The molecule has 0 N–H and O–H groups in total. The van der Waals surface area contributed by atoms with Gasteiger partial charge in [0.05, 0.1) is 0 Å². The summed E-state index contributed by atoms with van der Waals surface area (Å²) in [6, 6.07) is 0. The number of carbonyl (C=O) groups is 1. The van der Waals surface area contributed by atoms with E-state index >= 15 is 0 Å². The van der Waals surface area contributed by atoms with Gasteiger partial charge in [-0.3, -0.25) is 4.79 Å². The Morgan fingerprint density at radius 3 is 2.27 bits per heavy atom. The van der Waals surface area contributed by atoms with E-state index in [1.807, 2.05) is 29.8 Å². The first-order valence-electron chi connectivity index (χ1n) is 8.83. The van der Waals surface area contributed by atoms with Gasteiger partial charge in [0.15, 0.2) is 5.12 Å². The molecule has 1 unspecified atom stereocenters. The summed E-state index contributed by atoms with van der Waals surface area (Å²) in [6.45, 7) is 2.26. The molecule has 1 fully saturated rings. The molecule has 0 saturated carbocycles. The third-order valence-corrected chi connectivity index (χ3v) is 7.23. The molecule has 0 aromatic carbocycles. The highest BCUT2D eigenvalue weighted by molar-refractivity contribution is 8.22. The SMILES string of the molecule is CCCCCCCCCCC(C=C1SCCCS1)C(=O)SC. The number of hydrogen-bond acceptors (Lipinski definition) is 4. The van der Waals surface area contributed by atoms with Crippen LogP contribution in [0.2, 0.25) is 0 Å². The smallest absolute Gasteiger partial charge is 0.195 e. The molecular formula is C18H32OS3. The van der Waals surface area contributed by atoms with Crippen molar-refractivity contribution < 1.29 is 4.79 Å².